The quantitative estimate of drug-likeness (QED) is 0.717. The summed E-state index contributed by atoms with van der Waals surface area (Å²) in [6, 6.07) is 5.71. The predicted molar refractivity (Wildman–Crippen MR) is 101 cm³/mol. The number of rotatable bonds is 4. The summed E-state index contributed by atoms with van der Waals surface area (Å²) in [5.74, 6) is -0.663. The fourth-order valence-corrected chi connectivity index (χ4v) is 5.45. The van der Waals surface area contributed by atoms with Gasteiger partial charge < -0.3 is 15.3 Å². The Morgan fingerprint density at radius 3 is 2.85 bits per heavy atom. The van der Waals surface area contributed by atoms with Crippen molar-refractivity contribution in [3.63, 3.8) is 0 Å². The number of sulfonamides is 1. The highest BCUT2D eigenvalue weighted by Crippen LogP contribution is 2.34. The number of halogens is 2. The van der Waals surface area contributed by atoms with Gasteiger partial charge in [-0.2, -0.15) is 0 Å². The van der Waals surface area contributed by atoms with Gasteiger partial charge in [0.05, 0.1) is 17.2 Å². The molecule has 1 saturated heterocycles. The zero-order valence-corrected chi connectivity index (χ0v) is 15.7. The molecule has 10 heteroatoms. The molecule has 1 fully saturated rings. The van der Waals surface area contributed by atoms with E-state index in [9.17, 15) is 22.3 Å². The lowest BCUT2D eigenvalue weighted by Crippen LogP contribution is -2.20. The molecule has 0 radical (unpaired) electrons. The first-order valence-corrected chi connectivity index (χ1v) is 10.6. The number of fused-ring (bicyclic) bond motifs is 1. The topological polar surface area (TPSA) is 81.7 Å². The van der Waals surface area contributed by atoms with Crippen LogP contribution in [0.3, 0.4) is 0 Å². The predicted octanol–water partition coefficient (Wildman–Crippen LogP) is 2.28. The van der Waals surface area contributed by atoms with Gasteiger partial charge in [0.2, 0.25) is 0 Å². The number of hydrogen-bond donors (Lipinski definition) is 3. The van der Waals surface area contributed by atoms with E-state index in [-0.39, 0.29) is 23.0 Å². The highest BCUT2D eigenvalue weighted by atomic mass is 32.2. The number of alkyl halides is 1. The van der Waals surface area contributed by atoms with E-state index in [1.807, 2.05) is 0 Å². The fraction of sp³-hybridized carbons (Fsp3) is 0.294. The number of β-amino-alcohol motifs (C(OH)–C–C–N with tert-alkyl or cyclic N) is 1. The molecule has 2 aliphatic rings. The summed E-state index contributed by atoms with van der Waals surface area (Å²) in [5, 5.41) is 13.1. The van der Waals surface area contributed by atoms with Crippen molar-refractivity contribution in [1.82, 2.24) is 5.32 Å². The lowest BCUT2D eigenvalue weighted by Gasteiger charge is -2.15. The van der Waals surface area contributed by atoms with Crippen LogP contribution in [0.15, 0.2) is 34.7 Å². The van der Waals surface area contributed by atoms with Gasteiger partial charge >= 0.3 is 0 Å². The van der Waals surface area contributed by atoms with Gasteiger partial charge in [-0.3, -0.25) is 4.72 Å². The second-order valence-electron chi connectivity index (χ2n) is 6.43. The van der Waals surface area contributed by atoms with Crippen molar-refractivity contribution in [3.05, 3.63) is 47.4 Å². The van der Waals surface area contributed by atoms with Crippen molar-refractivity contribution < 1.29 is 22.3 Å². The minimum absolute atomic E-state index is 0.00850. The molecule has 1 aromatic carbocycles. The van der Waals surface area contributed by atoms with Crippen LogP contribution in [0.1, 0.15) is 11.1 Å². The van der Waals surface area contributed by atoms with E-state index in [0.29, 0.717) is 17.1 Å². The second-order valence-corrected chi connectivity index (χ2v) is 9.40. The monoisotopic (exact) mass is 413 g/mol. The lowest BCUT2D eigenvalue weighted by molar-refractivity contribution is 0.118. The minimum atomic E-state index is -3.99. The number of benzene rings is 1. The number of nitrogens with one attached hydrogen (secondary N) is 2. The third-order valence-electron chi connectivity index (χ3n) is 4.51. The number of thiophene rings is 1. The summed E-state index contributed by atoms with van der Waals surface area (Å²) in [5.41, 5.74) is 1.35. The van der Waals surface area contributed by atoms with Gasteiger partial charge in [0.25, 0.3) is 10.0 Å². The molecule has 0 spiro atoms. The van der Waals surface area contributed by atoms with Crippen molar-refractivity contribution in [3.8, 4) is 0 Å². The summed E-state index contributed by atoms with van der Waals surface area (Å²) < 4.78 is 55.4. The number of hydrogen-bond acceptors (Lipinski definition) is 6. The maximum Gasteiger partial charge on any atom is 0.271 e. The Kier molecular flexibility index (Phi) is 4.57. The molecule has 2 aliphatic heterocycles. The molecule has 1 aromatic heterocycles. The van der Waals surface area contributed by atoms with Crippen LogP contribution in [-0.4, -0.2) is 38.9 Å². The molecule has 4 rings (SSSR count). The number of aliphatic hydroxyl groups excluding tert-OH is 1. The molecule has 3 heterocycles. The molecule has 0 unspecified atom stereocenters. The third-order valence-corrected chi connectivity index (χ3v) is 7.51. The molecule has 2 aromatic rings. The maximum atomic E-state index is 14.3. The van der Waals surface area contributed by atoms with Gasteiger partial charge in [0, 0.05) is 13.1 Å². The molecular weight excluding hydrogens is 396 g/mol. The van der Waals surface area contributed by atoms with E-state index in [1.165, 1.54) is 18.2 Å². The lowest BCUT2D eigenvalue weighted by atomic mass is 10.0. The summed E-state index contributed by atoms with van der Waals surface area (Å²) in [4.78, 5) is 1.59. The van der Waals surface area contributed by atoms with Crippen molar-refractivity contribution in [2.75, 3.05) is 22.7 Å². The van der Waals surface area contributed by atoms with E-state index in [4.69, 9.17) is 0 Å². The zero-order chi connectivity index (χ0) is 19.2. The molecule has 0 amide bonds. The smallest absolute Gasteiger partial charge is 0.271 e. The Balaban J connectivity index is 1.57. The van der Waals surface area contributed by atoms with E-state index in [1.54, 1.807) is 23.2 Å². The highest BCUT2D eigenvalue weighted by molar-refractivity contribution is 7.94. The van der Waals surface area contributed by atoms with E-state index in [2.05, 4.69) is 10.0 Å². The van der Waals surface area contributed by atoms with Gasteiger partial charge in [-0.25, -0.2) is 17.2 Å². The van der Waals surface area contributed by atoms with E-state index >= 15 is 0 Å². The first-order valence-electron chi connectivity index (χ1n) is 8.25. The Bertz CT molecular complexity index is 997. The molecule has 3 N–H and O–H groups in total. The van der Waals surface area contributed by atoms with Crippen molar-refractivity contribution in [2.45, 2.75) is 23.0 Å². The van der Waals surface area contributed by atoms with Crippen molar-refractivity contribution >= 4 is 38.1 Å². The number of aliphatic hydroxyl groups is 1. The van der Waals surface area contributed by atoms with Crippen LogP contribution in [-0.2, 0) is 16.6 Å². The fourth-order valence-electron chi connectivity index (χ4n) is 3.08. The van der Waals surface area contributed by atoms with Crippen LogP contribution in [0.2, 0.25) is 0 Å². The number of anilines is 2. The summed E-state index contributed by atoms with van der Waals surface area (Å²) in [7, 11) is -3.99. The zero-order valence-electron chi connectivity index (χ0n) is 14.0. The van der Waals surface area contributed by atoms with E-state index in [0.717, 1.165) is 16.9 Å². The maximum absolute atomic E-state index is 14.3. The number of nitrogens with zero attached hydrogens (tertiary/aromatic N) is 1. The molecule has 0 saturated carbocycles. The largest absolute Gasteiger partial charge is 0.388 e. The average molecular weight is 413 g/mol. The van der Waals surface area contributed by atoms with Gasteiger partial charge in [0.1, 0.15) is 22.3 Å². The summed E-state index contributed by atoms with van der Waals surface area (Å²) >= 11 is 0.947. The molecule has 0 aliphatic carbocycles. The molecular formula is C17H17F2N3O3S2. The van der Waals surface area contributed by atoms with Gasteiger partial charge in [-0.15, -0.1) is 11.3 Å². The summed E-state index contributed by atoms with van der Waals surface area (Å²) in [6.07, 6.45) is 0.972. The SMILES string of the molecule is O=S(=O)(Nc1cc2c(cc1F)C=CNC2)c1ccc(N2C[C@@H](O)[C@H](F)C2)s1. The molecule has 6 nitrogen and oxygen atoms in total. The van der Waals surface area contributed by atoms with Crippen LogP contribution in [0.5, 0.6) is 0 Å². The Morgan fingerprint density at radius 2 is 2.11 bits per heavy atom. The van der Waals surface area contributed by atoms with Crippen molar-refractivity contribution in [1.29, 1.82) is 0 Å². The van der Waals surface area contributed by atoms with E-state index < -0.39 is 28.1 Å². The first kappa shape index (κ1) is 18.2. The van der Waals surface area contributed by atoms with Crippen LogP contribution in [0.25, 0.3) is 6.08 Å². The average Bonchev–Trinajstić information content (AvgIpc) is 3.23. The highest BCUT2D eigenvalue weighted by Gasteiger charge is 2.32. The summed E-state index contributed by atoms with van der Waals surface area (Å²) in [6.45, 7) is 0.592. The third kappa shape index (κ3) is 3.52. The van der Waals surface area contributed by atoms with Gasteiger partial charge in [0.15, 0.2) is 0 Å². The van der Waals surface area contributed by atoms with Crippen molar-refractivity contribution in [2.24, 2.45) is 0 Å². The minimum Gasteiger partial charge on any atom is -0.388 e. The van der Waals surface area contributed by atoms with Crippen LogP contribution >= 0.6 is 11.3 Å². The molecule has 144 valence electrons. The Hall–Kier alpha value is -2.17. The first-order chi connectivity index (χ1) is 12.8. The van der Waals surface area contributed by atoms with Crippen LogP contribution in [0.4, 0.5) is 19.5 Å². The Morgan fingerprint density at radius 1 is 1.30 bits per heavy atom. The van der Waals surface area contributed by atoms with Crippen LogP contribution < -0.4 is 14.9 Å². The molecule has 27 heavy (non-hydrogen) atoms. The van der Waals surface area contributed by atoms with Gasteiger partial charge in [-0.1, -0.05) is 0 Å². The Labute approximate surface area is 159 Å². The van der Waals surface area contributed by atoms with Crippen LogP contribution in [0, 0.1) is 5.82 Å². The van der Waals surface area contributed by atoms with Gasteiger partial charge in [-0.05, 0) is 47.7 Å². The normalized spacial score (nSPS) is 21.8. The standard InChI is InChI=1S/C17H17F2N3O3S2/c18-12-5-10-3-4-20-7-11(10)6-14(12)21-27(24,25)17-2-1-16(26-17)22-8-13(19)15(23)9-22/h1-6,13,15,20-21,23H,7-9H2/t13-,15-/m1/s1. The molecule has 2 atom stereocenters. The second kappa shape index (κ2) is 6.77. The molecule has 0 bridgehead atoms.